The van der Waals surface area contributed by atoms with E-state index >= 15 is 0 Å². The van der Waals surface area contributed by atoms with Gasteiger partial charge in [-0.15, -0.1) is 10.2 Å². The summed E-state index contributed by atoms with van der Waals surface area (Å²) in [6.45, 7) is 6.76. The van der Waals surface area contributed by atoms with Crippen LogP contribution in [0.1, 0.15) is 64.7 Å². The van der Waals surface area contributed by atoms with Gasteiger partial charge in [-0.3, -0.25) is 4.79 Å². The summed E-state index contributed by atoms with van der Waals surface area (Å²) in [5.74, 6) is 0.240. The highest BCUT2D eigenvalue weighted by Crippen LogP contribution is 2.42. The summed E-state index contributed by atoms with van der Waals surface area (Å²) in [5.41, 5.74) is 0.339. The van der Waals surface area contributed by atoms with Gasteiger partial charge in [0.05, 0.1) is 5.75 Å². The molecule has 0 aliphatic heterocycles. The summed E-state index contributed by atoms with van der Waals surface area (Å²) in [6, 6.07) is 0.404. The Morgan fingerprint density at radius 3 is 2.86 bits per heavy atom. The Bertz CT molecular complexity index is 499. The van der Waals surface area contributed by atoms with E-state index < -0.39 is 5.97 Å². The second-order valence-corrected chi connectivity index (χ2v) is 7.56. The van der Waals surface area contributed by atoms with Gasteiger partial charge in [0.25, 0.3) is 0 Å². The number of aliphatic carboxylic acids is 1. The Kier molecular flexibility index (Phi) is 5.30. The summed E-state index contributed by atoms with van der Waals surface area (Å²) in [4.78, 5) is 10.8. The molecule has 1 N–H and O–H groups in total. The summed E-state index contributed by atoms with van der Waals surface area (Å²) >= 11 is 1.29. The van der Waals surface area contributed by atoms with E-state index in [0.29, 0.717) is 11.5 Å². The van der Waals surface area contributed by atoms with Crippen LogP contribution in [0.5, 0.6) is 0 Å². The summed E-state index contributed by atoms with van der Waals surface area (Å²) < 4.78 is 2.22. The van der Waals surface area contributed by atoms with Gasteiger partial charge < -0.3 is 9.67 Å². The molecule has 0 spiro atoms. The molecule has 1 aliphatic rings. The molecule has 0 bridgehead atoms. The molecular formula is C15H25N3O2S. The molecule has 1 aromatic rings. The van der Waals surface area contributed by atoms with Gasteiger partial charge in [0.1, 0.15) is 5.82 Å². The molecule has 5 nitrogen and oxygen atoms in total. The maximum Gasteiger partial charge on any atom is 0.313 e. The number of carboxylic acid groups (broad SMARTS) is 1. The third kappa shape index (κ3) is 4.22. The van der Waals surface area contributed by atoms with Gasteiger partial charge in [-0.2, -0.15) is 0 Å². The molecule has 118 valence electrons. The Balaban J connectivity index is 2.25. The molecule has 2 rings (SSSR count). The van der Waals surface area contributed by atoms with Crippen LogP contribution in [0.3, 0.4) is 0 Å². The van der Waals surface area contributed by atoms with Crippen LogP contribution < -0.4 is 0 Å². The van der Waals surface area contributed by atoms with Gasteiger partial charge >= 0.3 is 5.97 Å². The molecular weight excluding hydrogens is 286 g/mol. The Hall–Kier alpha value is -1.04. The summed E-state index contributed by atoms with van der Waals surface area (Å²) in [5, 5.41) is 18.2. The number of hydrogen-bond acceptors (Lipinski definition) is 4. The predicted molar refractivity (Wildman–Crippen MR) is 83.7 cm³/mol. The van der Waals surface area contributed by atoms with Crippen LogP contribution in [0.2, 0.25) is 0 Å². The zero-order valence-electron chi connectivity index (χ0n) is 13.1. The van der Waals surface area contributed by atoms with Crippen LogP contribution in [-0.2, 0) is 11.2 Å². The van der Waals surface area contributed by atoms with E-state index in [1.165, 1.54) is 24.6 Å². The zero-order chi connectivity index (χ0) is 15.5. The highest BCUT2D eigenvalue weighted by Gasteiger charge is 2.31. The normalized spacial score (nSPS) is 21.4. The summed E-state index contributed by atoms with van der Waals surface area (Å²) in [6.07, 6.45) is 6.65. The fourth-order valence-corrected chi connectivity index (χ4v) is 3.92. The van der Waals surface area contributed by atoms with Crippen molar-refractivity contribution in [1.82, 2.24) is 14.8 Å². The van der Waals surface area contributed by atoms with Gasteiger partial charge in [-0.05, 0) is 31.1 Å². The monoisotopic (exact) mass is 311 g/mol. The Morgan fingerprint density at radius 2 is 2.24 bits per heavy atom. The Morgan fingerprint density at radius 1 is 1.48 bits per heavy atom. The van der Waals surface area contributed by atoms with Crippen LogP contribution in [-0.4, -0.2) is 31.6 Å². The molecule has 0 aromatic carbocycles. The van der Waals surface area contributed by atoms with E-state index in [-0.39, 0.29) is 5.75 Å². The van der Waals surface area contributed by atoms with Crippen molar-refractivity contribution in [2.45, 2.75) is 70.5 Å². The lowest BCUT2D eigenvalue weighted by molar-refractivity contribution is -0.133. The standard InChI is InChI=1S/C15H25N3O2S/c1-4-6-12-16-17-14(21-10-13(19)20)18(12)11-7-5-8-15(2,3)9-11/h11H,4-10H2,1-3H3,(H,19,20). The van der Waals surface area contributed by atoms with E-state index in [0.717, 1.165) is 36.7 Å². The van der Waals surface area contributed by atoms with Gasteiger partial charge in [-0.25, -0.2) is 0 Å². The molecule has 0 amide bonds. The van der Waals surface area contributed by atoms with E-state index in [1.54, 1.807) is 0 Å². The molecule has 1 atom stereocenters. The second-order valence-electron chi connectivity index (χ2n) is 6.62. The van der Waals surface area contributed by atoms with Gasteiger partial charge in [-0.1, -0.05) is 39.0 Å². The van der Waals surface area contributed by atoms with Crippen molar-refractivity contribution < 1.29 is 9.90 Å². The zero-order valence-corrected chi connectivity index (χ0v) is 13.9. The third-order valence-corrected chi connectivity index (χ3v) is 5.01. The lowest BCUT2D eigenvalue weighted by Gasteiger charge is -2.36. The Labute approximate surface area is 130 Å². The van der Waals surface area contributed by atoms with E-state index in [2.05, 4.69) is 35.5 Å². The van der Waals surface area contributed by atoms with Crippen molar-refractivity contribution in [2.75, 3.05) is 5.75 Å². The minimum atomic E-state index is -0.810. The molecule has 1 saturated carbocycles. The van der Waals surface area contributed by atoms with E-state index in [9.17, 15) is 4.79 Å². The second kappa shape index (κ2) is 6.81. The summed E-state index contributed by atoms with van der Waals surface area (Å²) in [7, 11) is 0. The first-order valence-electron chi connectivity index (χ1n) is 7.71. The van der Waals surface area contributed by atoms with Crippen LogP contribution in [0, 0.1) is 5.41 Å². The van der Waals surface area contributed by atoms with Crippen molar-refractivity contribution in [3.63, 3.8) is 0 Å². The number of aromatic nitrogens is 3. The molecule has 6 heteroatoms. The van der Waals surface area contributed by atoms with Gasteiger partial charge in [0.15, 0.2) is 5.16 Å². The van der Waals surface area contributed by atoms with Crippen molar-refractivity contribution in [3.8, 4) is 0 Å². The number of aryl methyl sites for hydroxylation is 1. The largest absolute Gasteiger partial charge is 0.481 e. The van der Waals surface area contributed by atoms with Gasteiger partial charge in [0, 0.05) is 12.5 Å². The first-order valence-corrected chi connectivity index (χ1v) is 8.70. The minimum Gasteiger partial charge on any atom is -0.481 e. The number of carboxylic acids is 1. The fourth-order valence-electron chi connectivity index (χ4n) is 3.17. The molecule has 1 aliphatic carbocycles. The quantitative estimate of drug-likeness (QED) is 0.814. The van der Waals surface area contributed by atoms with Crippen LogP contribution in [0.4, 0.5) is 0 Å². The fraction of sp³-hybridized carbons (Fsp3) is 0.800. The molecule has 1 unspecified atom stereocenters. The van der Waals surface area contributed by atoms with Crippen molar-refractivity contribution in [1.29, 1.82) is 0 Å². The predicted octanol–water partition coefficient (Wildman–Crippen LogP) is 3.55. The maximum absolute atomic E-state index is 10.8. The topological polar surface area (TPSA) is 68.0 Å². The van der Waals surface area contributed by atoms with E-state index in [4.69, 9.17) is 5.11 Å². The smallest absolute Gasteiger partial charge is 0.313 e. The third-order valence-electron chi connectivity index (χ3n) is 4.08. The van der Waals surface area contributed by atoms with Crippen LogP contribution in [0.25, 0.3) is 0 Å². The number of carbonyl (C=O) groups is 1. The lowest BCUT2D eigenvalue weighted by atomic mass is 9.75. The highest BCUT2D eigenvalue weighted by atomic mass is 32.2. The van der Waals surface area contributed by atoms with Crippen molar-refractivity contribution in [3.05, 3.63) is 5.82 Å². The van der Waals surface area contributed by atoms with E-state index in [1.807, 2.05) is 0 Å². The molecule has 1 heterocycles. The van der Waals surface area contributed by atoms with Gasteiger partial charge in [0.2, 0.25) is 0 Å². The lowest BCUT2D eigenvalue weighted by Crippen LogP contribution is -2.26. The average Bonchev–Trinajstić information content (AvgIpc) is 2.78. The molecule has 1 fully saturated rings. The minimum absolute atomic E-state index is 0.0420. The SMILES string of the molecule is CCCc1nnc(SCC(=O)O)n1C1CCCC(C)(C)C1. The van der Waals surface area contributed by atoms with Crippen LogP contribution in [0.15, 0.2) is 5.16 Å². The first-order chi connectivity index (χ1) is 9.93. The highest BCUT2D eigenvalue weighted by molar-refractivity contribution is 7.99. The average molecular weight is 311 g/mol. The first kappa shape index (κ1) is 16.3. The number of nitrogens with zero attached hydrogens (tertiary/aromatic N) is 3. The molecule has 0 saturated heterocycles. The maximum atomic E-state index is 10.8. The molecule has 0 radical (unpaired) electrons. The van der Waals surface area contributed by atoms with Crippen molar-refractivity contribution >= 4 is 17.7 Å². The number of rotatable bonds is 6. The molecule has 21 heavy (non-hydrogen) atoms. The van der Waals surface area contributed by atoms with Crippen molar-refractivity contribution in [2.24, 2.45) is 5.41 Å². The number of thioether (sulfide) groups is 1. The number of hydrogen-bond donors (Lipinski definition) is 1. The van der Waals surface area contributed by atoms with Crippen LogP contribution >= 0.6 is 11.8 Å². The molecule has 1 aromatic heterocycles.